The van der Waals surface area contributed by atoms with Crippen molar-refractivity contribution < 1.29 is 14.6 Å². The molecule has 0 unspecified atom stereocenters. The first-order chi connectivity index (χ1) is 8.54. The van der Waals surface area contributed by atoms with Crippen molar-refractivity contribution in [1.29, 1.82) is 0 Å². The highest BCUT2D eigenvalue weighted by Crippen LogP contribution is 2.34. The number of amides is 1. The molecule has 0 atom stereocenters. The molecule has 0 radical (unpaired) electrons. The first-order valence-corrected chi connectivity index (χ1v) is 6.25. The van der Waals surface area contributed by atoms with Crippen molar-refractivity contribution in [2.75, 3.05) is 6.61 Å². The van der Waals surface area contributed by atoms with Gasteiger partial charge in [0.15, 0.2) is 0 Å². The monoisotopic (exact) mass is 249 g/mol. The molecule has 18 heavy (non-hydrogen) atoms. The van der Waals surface area contributed by atoms with E-state index in [4.69, 9.17) is 4.74 Å². The van der Waals surface area contributed by atoms with Crippen LogP contribution in [0, 0.1) is 0 Å². The second-order valence-corrected chi connectivity index (χ2v) is 5.09. The van der Waals surface area contributed by atoms with Crippen molar-refractivity contribution in [3.05, 3.63) is 29.8 Å². The highest BCUT2D eigenvalue weighted by molar-refractivity contribution is 5.95. The Morgan fingerprint density at radius 3 is 2.78 bits per heavy atom. The molecule has 2 N–H and O–H groups in total. The van der Waals surface area contributed by atoms with Crippen LogP contribution in [0.4, 0.5) is 0 Å². The fraction of sp³-hybridized carbons (Fsp3) is 0.500. The predicted molar refractivity (Wildman–Crippen MR) is 68.7 cm³/mol. The second kappa shape index (κ2) is 4.98. The molecule has 1 amide bonds. The maximum atomic E-state index is 12.0. The van der Waals surface area contributed by atoms with E-state index in [1.54, 1.807) is 18.2 Å². The Hall–Kier alpha value is -1.55. The number of hydrogen-bond donors (Lipinski definition) is 2. The molecule has 4 heteroatoms. The summed E-state index contributed by atoms with van der Waals surface area (Å²) in [4.78, 5) is 12.0. The molecule has 1 aromatic rings. The zero-order chi connectivity index (χ0) is 13.2. The van der Waals surface area contributed by atoms with Crippen LogP contribution in [-0.2, 0) is 0 Å². The fourth-order valence-electron chi connectivity index (χ4n) is 1.77. The summed E-state index contributed by atoms with van der Waals surface area (Å²) in [5.74, 6) is 0.530. The van der Waals surface area contributed by atoms with E-state index >= 15 is 0 Å². The van der Waals surface area contributed by atoms with E-state index in [0.29, 0.717) is 11.3 Å². The maximum Gasteiger partial charge on any atom is 0.251 e. The lowest BCUT2D eigenvalue weighted by Gasteiger charge is -2.15. The molecule has 0 spiro atoms. The molecule has 0 saturated heterocycles. The topological polar surface area (TPSA) is 58.6 Å². The van der Waals surface area contributed by atoms with E-state index in [1.165, 1.54) is 0 Å². The lowest BCUT2D eigenvalue weighted by Crippen LogP contribution is -2.39. The zero-order valence-electron chi connectivity index (χ0n) is 10.8. The molecule has 2 rings (SSSR count). The van der Waals surface area contributed by atoms with E-state index in [1.807, 2.05) is 19.9 Å². The SMILES string of the molecule is CC(C)Oc1cccc(C(=O)NC2(CO)CC2)c1. The summed E-state index contributed by atoms with van der Waals surface area (Å²) >= 11 is 0. The van der Waals surface area contributed by atoms with Gasteiger partial charge in [0.05, 0.1) is 18.2 Å². The van der Waals surface area contributed by atoms with Gasteiger partial charge in [-0.25, -0.2) is 0 Å². The van der Waals surface area contributed by atoms with Gasteiger partial charge < -0.3 is 15.2 Å². The minimum atomic E-state index is -0.383. The van der Waals surface area contributed by atoms with Gasteiger partial charge in [0.25, 0.3) is 5.91 Å². The Balaban J connectivity index is 2.06. The standard InChI is InChI=1S/C14H19NO3/c1-10(2)18-12-5-3-4-11(8-12)13(17)15-14(9-16)6-7-14/h3-5,8,10,16H,6-7,9H2,1-2H3,(H,15,17). The van der Waals surface area contributed by atoms with Crippen molar-refractivity contribution in [3.8, 4) is 5.75 Å². The molecular formula is C14H19NO3. The van der Waals surface area contributed by atoms with E-state index < -0.39 is 0 Å². The van der Waals surface area contributed by atoms with E-state index in [0.717, 1.165) is 12.8 Å². The molecule has 4 nitrogen and oxygen atoms in total. The van der Waals surface area contributed by atoms with Gasteiger partial charge in [-0.15, -0.1) is 0 Å². The summed E-state index contributed by atoms with van der Waals surface area (Å²) in [5.41, 5.74) is 0.180. The molecule has 1 aliphatic carbocycles. The Labute approximate surface area is 107 Å². The van der Waals surface area contributed by atoms with Crippen LogP contribution in [0.5, 0.6) is 5.75 Å². The Morgan fingerprint density at radius 1 is 1.50 bits per heavy atom. The molecule has 1 fully saturated rings. The number of rotatable bonds is 5. The van der Waals surface area contributed by atoms with E-state index in [2.05, 4.69) is 5.32 Å². The third-order valence-electron chi connectivity index (χ3n) is 3.00. The summed E-state index contributed by atoms with van der Waals surface area (Å²) in [6.07, 6.45) is 1.77. The van der Waals surface area contributed by atoms with Gasteiger partial charge in [0, 0.05) is 5.56 Å². The molecular weight excluding hydrogens is 230 g/mol. The lowest BCUT2D eigenvalue weighted by atomic mass is 10.1. The minimum Gasteiger partial charge on any atom is -0.491 e. The first-order valence-electron chi connectivity index (χ1n) is 6.25. The van der Waals surface area contributed by atoms with Crippen LogP contribution in [-0.4, -0.2) is 29.3 Å². The van der Waals surface area contributed by atoms with Gasteiger partial charge >= 0.3 is 0 Å². The van der Waals surface area contributed by atoms with Crippen LogP contribution in [0.1, 0.15) is 37.0 Å². The molecule has 1 aliphatic rings. The molecule has 0 bridgehead atoms. The fourth-order valence-corrected chi connectivity index (χ4v) is 1.77. The van der Waals surface area contributed by atoms with Gasteiger partial charge in [-0.3, -0.25) is 4.79 Å². The largest absolute Gasteiger partial charge is 0.491 e. The van der Waals surface area contributed by atoms with Gasteiger partial charge in [-0.2, -0.15) is 0 Å². The van der Waals surface area contributed by atoms with Gasteiger partial charge in [-0.05, 0) is 44.9 Å². The minimum absolute atomic E-state index is 0.000917. The smallest absolute Gasteiger partial charge is 0.251 e. The highest BCUT2D eigenvalue weighted by Gasteiger charge is 2.43. The van der Waals surface area contributed by atoms with E-state index in [-0.39, 0.29) is 24.2 Å². The van der Waals surface area contributed by atoms with Crippen molar-refractivity contribution in [1.82, 2.24) is 5.32 Å². The third kappa shape index (κ3) is 3.01. The number of benzene rings is 1. The number of hydrogen-bond acceptors (Lipinski definition) is 3. The maximum absolute atomic E-state index is 12.0. The van der Waals surface area contributed by atoms with Gasteiger partial charge in [0.1, 0.15) is 5.75 Å². The Morgan fingerprint density at radius 2 is 2.22 bits per heavy atom. The Kier molecular flexibility index (Phi) is 3.57. The van der Waals surface area contributed by atoms with Crippen LogP contribution in [0.15, 0.2) is 24.3 Å². The molecule has 0 aliphatic heterocycles. The first kappa shape index (κ1) is 12.9. The van der Waals surface area contributed by atoms with Crippen LogP contribution in [0.2, 0.25) is 0 Å². The third-order valence-corrected chi connectivity index (χ3v) is 3.00. The summed E-state index contributed by atoms with van der Waals surface area (Å²) in [6, 6.07) is 7.10. The van der Waals surface area contributed by atoms with Crippen molar-refractivity contribution in [3.63, 3.8) is 0 Å². The number of ether oxygens (including phenoxy) is 1. The second-order valence-electron chi connectivity index (χ2n) is 5.09. The molecule has 1 saturated carbocycles. The van der Waals surface area contributed by atoms with Crippen molar-refractivity contribution >= 4 is 5.91 Å². The number of aliphatic hydroxyl groups excluding tert-OH is 1. The van der Waals surface area contributed by atoms with Crippen LogP contribution >= 0.6 is 0 Å². The molecule has 0 aromatic heterocycles. The number of aliphatic hydroxyl groups is 1. The van der Waals surface area contributed by atoms with Crippen LogP contribution < -0.4 is 10.1 Å². The lowest BCUT2D eigenvalue weighted by molar-refractivity contribution is 0.0906. The van der Waals surface area contributed by atoms with Crippen LogP contribution in [0.25, 0.3) is 0 Å². The summed E-state index contributed by atoms with van der Waals surface area (Å²) in [6.45, 7) is 3.89. The summed E-state index contributed by atoms with van der Waals surface area (Å²) in [7, 11) is 0. The predicted octanol–water partition coefficient (Wildman–Crippen LogP) is 1.73. The zero-order valence-corrected chi connectivity index (χ0v) is 10.8. The number of carbonyl (C=O) groups excluding carboxylic acids is 1. The van der Waals surface area contributed by atoms with Crippen molar-refractivity contribution in [2.45, 2.75) is 38.3 Å². The normalized spacial score (nSPS) is 16.4. The number of nitrogens with one attached hydrogen (secondary N) is 1. The summed E-state index contributed by atoms with van der Waals surface area (Å²) in [5, 5.41) is 12.1. The van der Waals surface area contributed by atoms with Gasteiger partial charge in [0.2, 0.25) is 0 Å². The average molecular weight is 249 g/mol. The molecule has 98 valence electrons. The average Bonchev–Trinajstić information content (AvgIpc) is 3.09. The van der Waals surface area contributed by atoms with Crippen molar-refractivity contribution in [2.24, 2.45) is 0 Å². The number of carbonyl (C=O) groups is 1. The molecule has 1 aromatic carbocycles. The summed E-state index contributed by atoms with van der Waals surface area (Å²) < 4.78 is 5.55. The Bertz CT molecular complexity index is 438. The van der Waals surface area contributed by atoms with E-state index in [9.17, 15) is 9.90 Å². The van der Waals surface area contributed by atoms with Gasteiger partial charge in [-0.1, -0.05) is 6.07 Å². The van der Waals surface area contributed by atoms with Crippen LogP contribution in [0.3, 0.4) is 0 Å². The quantitative estimate of drug-likeness (QED) is 0.835. The highest BCUT2D eigenvalue weighted by atomic mass is 16.5. The molecule has 0 heterocycles.